The Kier molecular flexibility index (Phi) is 5.83. The van der Waals surface area contributed by atoms with E-state index in [9.17, 15) is 14.0 Å². The van der Waals surface area contributed by atoms with Crippen molar-refractivity contribution in [1.82, 2.24) is 4.98 Å². The second-order valence-corrected chi connectivity index (χ2v) is 7.18. The zero-order valence-electron chi connectivity index (χ0n) is 16.5. The van der Waals surface area contributed by atoms with Crippen LogP contribution in [0.25, 0.3) is 0 Å². The molecular weight excluding hydrogens is 403 g/mol. The molecule has 0 saturated carbocycles. The van der Waals surface area contributed by atoms with Crippen molar-refractivity contribution in [3.05, 3.63) is 71.1 Å². The Morgan fingerprint density at radius 3 is 2.55 bits per heavy atom. The average Bonchev–Trinajstić information content (AvgIpc) is 3.39. The number of anilines is 3. The molecule has 31 heavy (non-hydrogen) atoms. The summed E-state index contributed by atoms with van der Waals surface area (Å²) in [7, 11) is 0. The second-order valence-electron chi connectivity index (χ2n) is 7.18. The average molecular weight is 424 g/mol. The van der Waals surface area contributed by atoms with Gasteiger partial charge < -0.3 is 25.5 Å². The Balaban J connectivity index is 1.43. The predicted octanol–water partition coefficient (Wildman–Crippen LogP) is 3.59. The Hall–Kier alpha value is -3.88. The molecule has 1 aliphatic rings. The number of carbonyl (C=O) groups excluding carboxylic acids is 1. The fourth-order valence-electron chi connectivity index (χ4n) is 3.58. The van der Waals surface area contributed by atoms with Gasteiger partial charge in [-0.1, -0.05) is 24.3 Å². The van der Waals surface area contributed by atoms with Crippen molar-refractivity contribution in [3.63, 3.8) is 0 Å². The van der Waals surface area contributed by atoms with E-state index in [0.29, 0.717) is 11.4 Å². The summed E-state index contributed by atoms with van der Waals surface area (Å²) in [4.78, 5) is 27.9. The molecule has 0 spiro atoms. The first-order valence-electron chi connectivity index (χ1n) is 9.81. The molecule has 4 N–H and O–H groups in total. The molecule has 0 unspecified atom stereocenters. The number of aromatic nitrogens is 1. The third-order valence-corrected chi connectivity index (χ3v) is 5.03. The van der Waals surface area contributed by atoms with Gasteiger partial charge in [0, 0.05) is 12.6 Å². The molecule has 0 saturated heterocycles. The lowest BCUT2D eigenvalue weighted by Crippen LogP contribution is -2.19. The standard InChI is InChI=1S/C22H21FN4O4/c23-7-8-24-18-11-15(21(29)30)5-6-17(18)27-20(28)19-12-25-22(31-19)26-16-9-13-3-1-2-4-14(13)10-16/h1-6,11-12,16,24H,7-10H2,(H,25,26)(H,27,28)(H,29,30). The summed E-state index contributed by atoms with van der Waals surface area (Å²) >= 11 is 0. The normalized spacial score (nSPS) is 12.9. The summed E-state index contributed by atoms with van der Waals surface area (Å²) in [6.07, 6.45) is 3.01. The van der Waals surface area contributed by atoms with Crippen LogP contribution < -0.4 is 16.0 Å². The summed E-state index contributed by atoms with van der Waals surface area (Å²) < 4.78 is 18.1. The molecule has 160 valence electrons. The number of fused-ring (bicyclic) bond motifs is 1. The first kappa shape index (κ1) is 20.4. The van der Waals surface area contributed by atoms with Crippen molar-refractivity contribution < 1.29 is 23.5 Å². The predicted molar refractivity (Wildman–Crippen MR) is 114 cm³/mol. The number of nitrogens with zero attached hydrogens (tertiary/aromatic N) is 1. The van der Waals surface area contributed by atoms with Crippen molar-refractivity contribution in [2.45, 2.75) is 18.9 Å². The van der Waals surface area contributed by atoms with E-state index >= 15 is 0 Å². The zero-order chi connectivity index (χ0) is 21.8. The first-order valence-corrected chi connectivity index (χ1v) is 9.81. The summed E-state index contributed by atoms with van der Waals surface area (Å²) in [5.74, 6) is -1.68. The topological polar surface area (TPSA) is 116 Å². The highest BCUT2D eigenvalue weighted by atomic mass is 19.1. The highest BCUT2D eigenvalue weighted by molar-refractivity contribution is 6.04. The van der Waals surface area contributed by atoms with Gasteiger partial charge in [0.25, 0.3) is 11.9 Å². The number of benzene rings is 2. The van der Waals surface area contributed by atoms with Crippen LogP contribution >= 0.6 is 0 Å². The molecule has 0 bridgehead atoms. The van der Waals surface area contributed by atoms with E-state index in [-0.39, 0.29) is 29.9 Å². The Morgan fingerprint density at radius 2 is 1.87 bits per heavy atom. The minimum Gasteiger partial charge on any atom is -0.478 e. The third kappa shape index (κ3) is 4.66. The number of rotatable bonds is 8. The lowest BCUT2D eigenvalue weighted by molar-refractivity contribution is 0.0696. The molecule has 1 aliphatic carbocycles. The Bertz CT molecular complexity index is 1090. The van der Waals surface area contributed by atoms with E-state index in [4.69, 9.17) is 9.52 Å². The largest absolute Gasteiger partial charge is 0.478 e. The lowest BCUT2D eigenvalue weighted by atomic mass is 10.1. The van der Waals surface area contributed by atoms with Crippen molar-refractivity contribution in [3.8, 4) is 0 Å². The molecule has 0 fully saturated rings. The van der Waals surface area contributed by atoms with E-state index in [1.54, 1.807) is 0 Å². The number of alkyl halides is 1. The molecule has 0 atom stereocenters. The summed E-state index contributed by atoms with van der Waals surface area (Å²) in [5, 5.41) is 17.8. The van der Waals surface area contributed by atoms with E-state index in [0.717, 1.165) is 12.8 Å². The number of carboxylic acids is 1. The van der Waals surface area contributed by atoms with Crippen LogP contribution in [0.5, 0.6) is 0 Å². The van der Waals surface area contributed by atoms with E-state index < -0.39 is 18.6 Å². The van der Waals surface area contributed by atoms with Gasteiger partial charge in [0.15, 0.2) is 0 Å². The van der Waals surface area contributed by atoms with Gasteiger partial charge in [-0.25, -0.2) is 14.2 Å². The third-order valence-electron chi connectivity index (χ3n) is 5.03. The number of halogens is 1. The molecular formula is C22H21FN4O4. The maximum Gasteiger partial charge on any atom is 0.335 e. The van der Waals surface area contributed by atoms with E-state index in [1.807, 2.05) is 12.1 Å². The number of carbonyl (C=O) groups is 2. The number of carboxylic acid groups (broad SMARTS) is 1. The smallest absolute Gasteiger partial charge is 0.335 e. The highest BCUT2D eigenvalue weighted by Crippen LogP contribution is 2.26. The van der Waals surface area contributed by atoms with Crippen LogP contribution in [0.15, 0.2) is 53.1 Å². The summed E-state index contributed by atoms with van der Waals surface area (Å²) in [6.45, 7) is -0.668. The molecule has 1 amide bonds. The minimum absolute atomic E-state index is 0.00300. The Labute approximate surface area is 177 Å². The number of aromatic carboxylic acids is 1. The van der Waals surface area contributed by atoms with Gasteiger partial charge >= 0.3 is 5.97 Å². The molecule has 8 nitrogen and oxygen atoms in total. The van der Waals surface area contributed by atoms with Gasteiger partial charge in [-0.05, 0) is 42.2 Å². The Morgan fingerprint density at radius 1 is 1.13 bits per heavy atom. The number of amides is 1. The summed E-state index contributed by atoms with van der Waals surface area (Å²) in [5.41, 5.74) is 3.18. The number of nitrogens with one attached hydrogen (secondary N) is 3. The van der Waals surface area contributed by atoms with Crippen LogP contribution in [0, 0.1) is 0 Å². The molecule has 1 aromatic heterocycles. The second kappa shape index (κ2) is 8.86. The fourth-order valence-corrected chi connectivity index (χ4v) is 3.58. The highest BCUT2D eigenvalue weighted by Gasteiger charge is 2.23. The number of hydrogen-bond acceptors (Lipinski definition) is 6. The molecule has 4 rings (SSSR count). The monoisotopic (exact) mass is 424 g/mol. The number of oxazole rings is 1. The zero-order valence-corrected chi connectivity index (χ0v) is 16.5. The summed E-state index contributed by atoms with van der Waals surface area (Å²) in [6, 6.07) is 12.7. The van der Waals surface area contributed by atoms with E-state index in [2.05, 4.69) is 33.1 Å². The van der Waals surface area contributed by atoms with Crippen LogP contribution in [0.1, 0.15) is 32.0 Å². The van der Waals surface area contributed by atoms with Crippen LogP contribution in [0.2, 0.25) is 0 Å². The van der Waals surface area contributed by atoms with Crippen molar-refractivity contribution in [2.24, 2.45) is 0 Å². The van der Waals surface area contributed by atoms with E-state index in [1.165, 1.54) is 35.5 Å². The van der Waals surface area contributed by atoms with Gasteiger partial charge in [0.05, 0.1) is 23.1 Å². The van der Waals surface area contributed by atoms with Gasteiger partial charge in [-0.15, -0.1) is 0 Å². The molecule has 9 heteroatoms. The van der Waals surface area contributed by atoms with Crippen molar-refractivity contribution in [2.75, 3.05) is 29.2 Å². The minimum atomic E-state index is -1.12. The van der Waals surface area contributed by atoms with Gasteiger partial charge in [-0.2, -0.15) is 0 Å². The SMILES string of the molecule is O=C(O)c1ccc(NC(=O)c2cnc(NC3Cc4ccccc4C3)o2)c(NCCF)c1. The molecule has 1 heterocycles. The van der Waals surface area contributed by atoms with Gasteiger partial charge in [0.1, 0.15) is 6.67 Å². The molecule has 2 aromatic carbocycles. The maximum atomic E-state index is 12.6. The first-order chi connectivity index (χ1) is 15.0. The van der Waals surface area contributed by atoms with Crippen LogP contribution in [0.3, 0.4) is 0 Å². The molecule has 0 aliphatic heterocycles. The maximum absolute atomic E-state index is 12.6. The molecule has 0 radical (unpaired) electrons. The van der Waals surface area contributed by atoms with Gasteiger partial charge in [-0.3, -0.25) is 4.79 Å². The van der Waals surface area contributed by atoms with Gasteiger partial charge in [0.2, 0.25) is 5.76 Å². The van der Waals surface area contributed by atoms with Crippen LogP contribution in [0.4, 0.5) is 21.8 Å². The van der Waals surface area contributed by atoms with Crippen molar-refractivity contribution >= 4 is 29.3 Å². The van der Waals surface area contributed by atoms with Crippen LogP contribution in [-0.2, 0) is 12.8 Å². The number of hydrogen-bond donors (Lipinski definition) is 4. The quantitative estimate of drug-likeness (QED) is 0.437. The molecule has 3 aromatic rings. The lowest BCUT2D eigenvalue weighted by Gasteiger charge is -2.12. The van der Waals surface area contributed by atoms with Crippen LogP contribution in [-0.4, -0.2) is 41.2 Å². The fraction of sp³-hybridized carbons (Fsp3) is 0.227. The van der Waals surface area contributed by atoms with Crippen molar-refractivity contribution in [1.29, 1.82) is 0 Å².